The van der Waals surface area contributed by atoms with Crippen molar-refractivity contribution in [2.24, 2.45) is 27.6 Å². The molecule has 188 valence electrons. The first-order valence-corrected chi connectivity index (χ1v) is 12.5. The smallest absolute Gasteiger partial charge is 0.135 e. The van der Waals surface area contributed by atoms with Gasteiger partial charge in [0, 0.05) is 23.2 Å². The van der Waals surface area contributed by atoms with E-state index < -0.39 is 0 Å². The molecular weight excluding hydrogens is 430 g/mol. The van der Waals surface area contributed by atoms with Crippen LogP contribution in [0.3, 0.4) is 0 Å². The number of hydrogen-bond donors (Lipinski definition) is 3. The number of hydrogen-bond acceptors (Lipinski definition) is 4. The third-order valence-corrected chi connectivity index (χ3v) is 6.01. The zero-order chi connectivity index (χ0) is 25.8. The van der Waals surface area contributed by atoms with E-state index in [2.05, 4.69) is 80.5 Å². The summed E-state index contributed by atoms with van der Waals surface area (Å²) in [5, 5.41) is 6.72. The molecule has 0 amide bonds. The standard InChI is InChI=1S/C30H43N5/c1-8-29(24(5)31)30(35-27-15-16-27)34-25(6)33-28-14-13-23(4)26(20-28)19-22(3)18-21(2)12-10-9-11-17-32-7/h8-11,13-14,17,20-22,27,33H,5-7,12,15-16,18-19,31H2,1-4H3,(H,34,35)/b10-9-,17-11-,29-8-. The Morgan fingerprint density at radius 2 is 1.94 bits per heavy atom. The van der Waals surface area contributed by atoms with Gasteiger partial charge in [-0.2, -0.15) is 0 Å². The molecule has 2 atom stereocenters. The second-order valence-corrected chi connectivity index (χ2v) is 9.64. The van der Waals surface area contributed by atoms with Crippen LogP contribution < -0.4 is 16.4 Å². The van der Waals surface area contributed by atoms with Crippen molar-refractivity contribution in [3.63, 3.8) is 0 Å². The summed E-state index contributed by atoms with van der Waals surface area (Å²) in [6.45, 7) is 20.3. The maximum absolute atomic E-state index is 5.99. The van der Waals surface area contributed by atoms with Gasteiger partial charge in [0.05, 0.1) is 6.04 Å². The predicted molar refractivity (Wildman–Crippen MR) is 154 cm³/mol. The van der Waals surface area contributed by atoms with Gasteiger partial charge in [-0.25, -0.2) is 0 Å². The van der Waals surface area contributed by atoms with Crippen LogP contribution in [0.2, 0.25) is 0 Å². The van der Waals surface area contributed by atoms with Crippen molar-refractivity contribution in [2.45, 2.75) is 65.8 Å². The molecule has 0 spiro atoms. The van der Waals surface area contributed by atoms with Crippen molar-refractivity contribution in [1.29, 1.82) is 0 Å². The van der Waals surface area contributed by atoms with Gasteiger partial charge in [0.15, 0.2) is 0 Å². The SMILES string of the molecule is C=N/C=C\C=C/CC(C)CC(C)Cc1cc(NC(=C)NC(=NC2CC2)/C(=C\C)C(=C)N)ccc1C. The lowest BCUT2D eigenvalue weighted by molar-refractivity contribution is 0.415. The second kappa shape index (κ2) is 14.1. The van der Waals surface area contributed by atoms with Crippen LogP contribution in [-0.2, 0) is 6.42 Å². The Bertz CT molecular complexity index is 1010. The molecule has 1 aromatic carbocycles. The number of allylic oxidation sites excluding steroid dienone is 4. The Morgan fingerprint density at radius 3 is 2.57 bits per heavy atom. The summed E-state index contributed by atoms with van der Waals surface area (Å²) in [7, 11) is 0. The van der Waals surface area contributed by atoms with Crippen molar-refractivity contribution in [3.8, 4) is 0 Å². The first-order valence-electron chi connectivity index (χ1n) is 12.5. The zero-order valence-electron chi connectivity index (χ0n) is 22.0. The van der Waals surface area contributed by atoms with Crippen molar-refractivity contribution in [1.82, 2.24) is 5.32 Å². The quantitative estimate of drug-likeness (QED) is 0.158. The molecule has 1 aliphatic carbocycles. The van der Waals surface area contributed by atoms with Gasteiger partial charge in [0.1, 0.15) is 11.7 Å². The molecule has 0 bridgehead atoms. The summed E-state index contributed by atoms with van der Waals surface area (Å²) in [5.74, 6) is 2.59. The van der Waals surface area contributed by atoms with Crippen LogP contribution in [0.25, 0.3) is 0 Å². The normalized spacial score (nSPS) is 16.3. The van der Waals surface area contributed by atoms with E-state index in [0.29, 0.717) is 29.4 Å². The summed E-state index contributed by atoms with van der Waals surface area (Å²) in [6, 6.07) is 6.84. The molecule has 35 heavy (non-hydrogen) atoms. The van der Waals surface area contributed by atoms with Crippen molar-refractivity contribution >= 4 is 18.2 Å². The minimum atomic E-state index is 0.352. The van der Waals surface area contributed by atoms with Gasteiger partial charge in [-0.15, -0.1) is 0 Å². The van der Waals surface area contributed by atoms with E-state index in [1.165, 1.54) is 17.5 Å². The van der Waals surface area contributed by atoms with Crippen LogP contribution in [0.15, 0.2) is 88.9 Å². The lowest BCUT2D eigenvalue weighted by atomic mass is 9.88. The molecule has 1 aliphatic rings. The van der Waals surface area contributed by atoms with Crippen molar-refractivity contribution in [2.75, 3.05) is 5.32 Å². The summed E-state index contributed by atoms with van der Waals surface area (Å²) in [5.41, 5.74) is 11.0. The predicted octanol–water partition coefficient (Wildman–Crippen LogP) is 6.81. The number of nitrogens with zero attached hydrogens (tertiary/aromatic N) is 2. The second-order valence-electron chi connectivity index (χ2n) is 9.64. The van der Waals surface area contributed by atoms with Gasteiger partial charge >= 0.3 is 0 Å². The Morgan fingerprint density at radius 1 is 1.20 bits per heavy atom. The molecule has 4 N–H and O–H groups in total. The molecule has 2 rings (SSSR count). The summed E-state index contributed by atoms with van der Waals surface area (Å²) >= 11 is 0. The molecule has 5 heteroatoms. The highest BCUT2D eigenvalue weighted by Gasteiger charge is 2.22. The fourth-order valence-electron chi connectivity index (χ4n) is 4.09. The first kappa shape index (κ1) is 27.9. The summed E-state index contributed by atoms with van der Waals surface area (Å²) < 4.78 is 0. The number of benzene rings is 1. The van der Waals surface area contributed by atoms with Crippen LogP contribution in [0.4, 0.5) is 5.69 Å². The Labute approximate surface area is 212 Å². The number of aryl methyl sites for hydroxylation is 1. The maximum Gasteiger partial charge on any atom is 0.135 e. The first-order chi connectivity index (χ1) is 16.7. The number of nitrogens with one attached hydrogen (secondary N) is 2. The van der Waals surface area contributed by atoms with E-state index >= 15 is 0 Å². The van der Waals surface area contributed by atoms with E-state index in [1.807, 2.05) is 25.2 Å². The molecule has 1 aromatic rings. The molecule has 1 fully saturated rings. The van der Waals surface area contributed by atoms with Gasteiger partial charge in [-0.05, 0) is 93.8 Å². The molecule has 0 aliphatic heterocycles. The van der Waals surface area contributed by atoms with Gasteiger partial charge in [-0.3, -0.25) is 9.98 Å². The van der Waals surface area contributed by atoms with E-state index in [4.69, 9.17) is 10.7 Å². The number of anilines is 1. The number of amidine groups is 1. The maximum atomic E-state index is 5.99. The van der Waals surface area contributed by atoms with Crippen molar-refractivity contribution < 1.29 is 0 Å². The Kier molecular flexibility index (Phi) is 11.3. The highest BCUT2D eigenvalue weighted by molar-refractivity contribution is 6.03. The highest BCUT2D eigenvalue weighted by atomic mass is 15.1. The van der Waals surface area contributed by atoms with Crippen LogP contribution in [0.1, 0.15) is 57.6 Å². The minimum Gasteiger partial charge on any atom is -0.399 e. The van der Waals surface area contributed by atoms with Crippen LogP contribution in [0, 0.1) is 18.8 Å². The van der Waals surface area contributed by atoms with E-state index in [-0.39, 0.29) is 0 Å². The molecule has 0 saturated heterocycles. The molecule has 0 radical (unpaired) electrons. The van der Waals surface area contributed by atoms with E-state index in [1.54, 1.807) is 6.20 Å². The molecule has 2 unspecified atom stereocenters. The Hall–Kier alpha value is -3.34. The number of aliphatic imine (C=N–C) groups is 2. The average molecular weight is 474 g/mol. The molecule has 5 nitrogen and oxygen atoms in total. The molecular formula is C30H43N5. The Balaban J connectivity index is 1.98. The van der Waals surface area contributed by atoms with Crippen LogP contribution in [-0.4, -0.2) is 18.6 Å². The van der Waals surface area contributed by atoms with Gasteiger partial charge in [0.25, 0.3) is 0 Å². The fraction of sp³-hybridized carbons (Fsp3) is 0.400. The van der Waals surface area contributed by atoms with Gasteiger partial charge in [-0.1, -0.05) is 51.3 Å². The minimum absolute atomic E-state index is 0.352. The van der Waals surface area contributed by atoms with Crippen LogP contribution >= 0.6 is 0 Å². The lowest BCUT2D eigenvalue weighted by Crippen LogP contribution is -2.30. The van der Waals surface area contributed by atoms with Crippen molar-refractivity contribution in [3.05, 3.63) is 90.1 Å². The largest absolute Gasteiger partial charge is 0.399 e. The topological polar surface area (TPSA) is 74.8 Å². The number of nitrogens with two attached hydrogens (primary N) is 1. The monoisotopic (exact) mass is 473 g/mol. The van der Waals surface area contributed by atoms with Gasteiger partial charge in [0.2, 0.25) is 0 Å². The zero-order valence-corrected chi connectivity index (χ0v) is 22.0. The summed E-state index contributed by atoms with van der Waals surface area (Å²) in [6.07, 6.45) is 15.3. The summed E-state index contributed by atoms with van der Waals surface area (Å²) in [4.78, 5) is 8.49. The van der Waals surface area contributed by atoms with Gasteiger partial charge < -0.3 is 16.4 Å². The number of rotatable bonds is 14. The third kappa shape index (κ3) is 10.2. The van der Waals surface area contributed by atoms with E-state index in [0.717, 1.165) is 42.8 Å². The molecule has 1 saturated carbocycles. The third-order valence-electron chi connectivity index (χ3n) is 6.01. The lowest BCUT2D eigenvalue weighted by Gasteiger charge is -2.19. The van der Waals surface area contributed by atoms with E-state index in [9.17, 15) is 0 Å². The molecule has 0 heterocycles. The average Bonchev–Trinajstić information content (AvgIpc) is 3.60. The molecule has 0 aromatic heterocycles. The highest BCUT2D eigenvalue weighted by Crippen LogP contribution is 2.26. The van der Waals surface area contributed by atoms with Crippen LogP contribution in [0.5, 0.6) is 0 Å². The fourth-order valence-corrected chi connectivity index (χ4v) is 4.09.